The van der Waals surface area contributed by atoms with Gasteiger partial charge in [0.2, 0.25) is 5.91 Å². The van der Waals surface area contributed by atoms with Crippen LogP contribution in [0.5, 0.6) is 0 Å². The lowest BCUT2D eigenvalue weighted by Gasteiger charge is -2.44. The van der Waals surface area contributed by atoms with Crippen molar-refractivity contribution in [3.05, 3.63) is 65.9 Å². The molecule has 0 radical (unpaired) electrons. The monoisotopic (exact) mass is 436 g/mol. The lowest BCUT2D eigenvalue weighted by atomic mass is 9.72. The maximum Gasteiger partial charge on any atom is 0.260 e. The molecular formula is C22H20N4O2S2. The standard InChI is InChI=1S/C22H20N4O2S2/c1-25-11-18(27)26-19-21(12-22(26,30-29)20(25)28,14-7-3-5-9-17(14)24-19)15-10-23-16-8-4-2-6-13(15)16/h2-10,19,23-24,29H,11-12H2,1H3/t19?,21-,22?/m1/s1. The summed E-state index contributed by atoms with van der Waals surface area (Å²) in [4.78, 5) is 32.4. The number of amides is 2. The fourth-order valence-corrected chi connectivity index (χ4v) is 7.19. The molecule has 0 bridgehead atoms. The van der Waals surface area contributed by atoms with E-state index < -0.39 is 10.3 Å². The number of benzene rings is 2. The van der Waals surface area contributed by atoms with Gasteiger partial charge < -0.3 is 15.2 Å². The van der Waals surface area contributed by atoms with Crippen molar-refractivity contribution >= 4 is 50.9 Å². The van der Waals surface area contributed by atoms with E-state index in [0.29, 0.717) is 6.42 Å². The lowest BCUT2D eigenvalue weighted by molar-refractivity contribution is -0.155. The van der Waals surface area contributed by atoms with E-state index in [0.717, 1.165) is 27.7 Å². The second kappa shape index (κ2) is 5.98. The zero-order chi connectivity index (χ0) is 20.7. The molecule has 2 aromatic carbocycles. The highest BCUT2D eigenvalue weighted by molar-refractivity contribution is 8.69. The molecule has 3 aliphatic rings. The van der Waals surface area contributed by atoms with E-state index in [9.17, 15) is 9.59 Å². The van der Waals surface area contributed by atoms with Crippen LogP contribution in [-0.4, -0.2) is 51.2 Å². The fourth-order valence-electron chi connectivity index (χ4n) is 5.68. The summed E-state index contributed by atoms with van der Waals surface area (Å²) >= 11 is 4.53. The third-order valence-electron chi connectivity index (χ3n) is 6.88. The van der Waals surface area contributed by atoms with Gasteiger partial charge >= 0.3 is 0 Å². The first kappa shape index (κ1) is 18.2. The number of hydrogen-bond acceptors (Lipinski definition) is 5. The molecule has 0 aliphatic carbocycles. The van der Waals surface area contributed by atoms with Crippen LogP contribution in [0.2, 0.25) is 0 Å². The second-order valence-corrected chi connectivity index (χ2v) is 9.69. The number of H-pyrrole nitrogens is 1. The average Bonchev–Trinajstić information content (AvgIpc) is 3.40. The minimum Gasteiger partial charge on any atom is -0.364 e. The molecule has 2 unspecified atom stereocenters. The van der Waals surface area contributed by atoms with Crippen molar-refractivity contribution in [2.45, 2.75) is 22.9 Å². The molecule has 3 aromatic rings. The first-order valence-electron chi connectivity index (χ1n) is 9.86. The molecule has 0 spiro atoms. The molecule has 6 nitrogen and oxygen atoms in total. The Labute approximate surface area is 182 Å². The Balaban J connectivity index is 1.68. The number of thiol groups is 1. The Morgan fingerprint density at radius 2 is 1.87 bits per heavy atom. The number of anilines is 1. The highest BCUT2D eigenvalue weighted by Gasteiger charge is 2.70. The van der Waals surface area contributed by atoms with Gasteiger partial charge in [-0.25, -0.2) is 0 Å². The molecule has 8 heteroatoms. The van der Waals surface area contributed by atoms with Crippen molar-refractivity contribution in [3.63, 3.8) is 0 Å². The summed E-state index contributed by atoms with van der Waals surface area (Å²) < 4.78 is 0. The lowest BCUT2D eigenvalue weighted by Crippen LogP contribution is -2.65. The van der Waals surface area contributed by atoms with Crippen molar-refractivity contribution < 1.29 is 9.59 Å². The first-order valence-corrected chi connectivity index (χ1v) is 11.7. The van der Waals surface area contributed by atoms with E-state index in [1.54, 1.807) is 11.9 Å². The smallest absolute Gasteiger partial charge is 0.260 e. The summed E-state index contributed by atoms with van der Waals surface area (Å²) in [5.74, 6) is -0.138. The number of aromatic amines is 1. The van der Waals surface area contributed by atoms with Crippen LogP contribution in [0, 0.1) is 0 Å². The van der Waals surface area contributed by atoms with Crippen LogP contribution in [-0.2, 0) is 15.0 Å². The van der Waals surface area contributed by atoms with Gasteiger partial charge in [-0.05, 0) is 23.3 Å². The summed E-state index contributed by atoms with van der Waals surface area (Å²) in [5.41, 5.74) is 3.68. The molecule has 3 aliphatic heterocycles. The quantitative estimate of drug-likeness (QED) is 0.426. The van der Waals surface area contributed by atoms with Gasteiger partial charge in [-0.3, -0.25) is 14.5 Å². The number of nitrogens with one attached hydrogen (secondary N) is 2. The van der Waals surface area contributed by atoms with E-state index >= 15 is 0 Å². The fraction of sp³-hybridized carbons (Fsp3) is 0.273. The Bertz CT molecular complexity index is 1230. The molecular weight excluding hydrogens is 416 g/mol. The van der Waals surface area contributed by atoms with Gasteiger partial charge in [-0.1, -0.05) is 47.2 Å². The zero-order valence-electron chi connectivity index (χ0n) is 16.3. The Hall–Kier alpha value is -2.58. The van der Waals surface area contributed by atoms with Gasteiger partial charge in [0.25, 0.3) is 5.91 Å². The van der Waals surface area contributed by atoms with Crippen LogP contribution >= 0.6 is 22.5 Å². The van der Waals surface area contributed by atoms with Crippen LogP contribution in [0.25, 0.3) is 10.9 Å². The third kappa shape index (κ3) is 1.98. The van der Waals surface area contributed by atoms with Gasteiger partial charge in [0.1, 0.15) is 6.17 Å². The predicted molar refractivity (Wildman–Crippen MR) is 121 cm³/mol. The minimum atomic E-state index is -1.06. The molecule has 1 aromatic heterocycles. The van der Waals surface area contributed by atoms with Gasteiger partial charge in [0.15, 0.2) is 4.87 Å². The van der Waals surface area contributed by atoms with Crippen molar-refractivity contribution in [2.75, 3.05) is 18.9 Å². The molecule has 0 saturated carbocycles. The summed E-state index contributed by atoms with van der Waals surface area (Å²) in [6, 6.07) is 16.3. The van der Waals surface area contributed by atoms with Crippen LogP contribution in [0.4, 0.5) is 5.69 Å². The normalized spacial score (nSPS) is 29.7. The van der Waals surface area contributed by atoms with Gasteiger partial charge in [-0.2, -0.15) is 0 Å². The maximum absolute atomic E-state index is 13.5. The molecule has 4 heterocycles. The number of para-hydroxylation sites is 2. The molecule has 2 N–H and O–H groups in total. The number of carbonyl (C=O) groups excluding carboxylic acids is 2. The number of nitrogens with zero attached hydrogens (tertiary/aromatic N) is 2. The number of fused-ring (bicyclic) bond motifs is 6. The first-order chi connectivity index (χ1) is 14.5. The Kier molecular flexibility index (Phi) is 3.63. The van der Waals surface area contributed by atoms with E-state index in [-0.39, 0.29) is 24.5 Å². The van der Waals surface area contributed by atoms with Crippen LogP contribution in [0.1, 0.15) is 17.5 Å². The number of likely N-dealkylation sites (N-methyl/N-ethyl adjacent to an activating group) is 1. The summed E-state index contributed by atoms with van der Waals surface area (Å²) in [5, 5.41) is 4.69. The SMILES string of the molecule is CN1CC(=O)N2C3Nc4ccccc4[C@@]3(c3c[nH]c4ccccc34)CC2(SS)C1=O. The van der Waals surface area contributed by atoms with Crippen LogP contribution in [0.15, 0.2) is 54.7 Å². The van der Waals surface area contributed by atoms with Crippen LogP contribution in [0.3, 0.4) is 0 Å². The van der Waals surface area contributed by atoms with Crippen LogP contribution < -0.4 is 5.32 Å². The molecule has 2 fully saturated rings. The number of carbonyl (C=O) groups is 2. The number of aromatic nitrogens is 1. The summed E-state index contributed by atoms with van der Waals surface area (Å²) in [7, 11) is 2.86. The Morgan fingerprint density at radius 3 is 2.70 bits per heavy atom. The average molecular weight is 437 g/mol. The highest BCUT2D eigenvalue weighted by Crippen LogP contribution is 2.62. The zero-order valence-corrected chi connectivity index (χ0v) is 18.0. The second-order valence-electron chi connectivity index (χ2n) is 8.29. The largest absolute Gasteiger partial charge is 0.364 e. The Morgan fingerprint density at radius 1 is 1.10 bits per heavy atom. The third-order valence-corrected chi connectivity index (χ3v) is 8.60. The molecule has 2 amide bonds. The minimum absolute atomic E-state index is 0.0642. The number of hydrogen-bond donors (Lipinski definition) is 3. The van der Waals surface area contributed by atoms with E-state index in [1.807, 2.05) is 42.6 Å². The molecule has 6 rings (SSSR count). The van der Waals surface area contributed by atoms with Gasteiger partial charge in [0, 0.05) is 36.3 Å². The van der Waals surface area contributed by atoms with E-state index in [1.165, 1.54) is 15.7 Å². The summed E-state index contributed by atoms with van der Waals surface area (Å²) in [6.07, 6.45) is 2.13. The van der Waals surface area contributed by atoms with Crippen molar-refractivity contribution in [2.24, 2.45) is 0 Å². The molecule has 152 valence electrons. The van der Waals surface area contributed by atoms with E-state index in [4.69, 9.17) is 0 Å². The maximum atomic E-state index is 13.5. The van der Waals surface area contributed by atoms with Gasteiger partial charge in [0.05, 0.1) is 12.0 Å². The molecule has 3 atom stereocenters. The van der Waals surface area contributed by atoms with Crippen molar-refractivity contribution in [1.29, 1.82) is 0 Å². The number of rotatable bonds is 2. The van der Waals surface area contributed by atoms with Crippen molar-refractivity contribution in [3.8, 4) is 0 Å². The predicted octanol–water partition coefficient (Wildman–Crippen LogP) is 3.18. The van der Waals surface area contributed by atoms with E-state index in [2.05, 4.69) is 34.1 Å². The topological polar surface area (TPSA) is 68.4 Å². The molecule has 2 saturated heterocycles. The highest BCUT2D eigenvalue weighted by atomic mass is 33.1. The summed E-state index contributed by atoms with van der Waals surface area (Å²) in [6.45, 7) is 0.0768. The van der Waals surface area contributed by atoms with Crippen molar-refractivity contribution in [1.82, 2.24) is 14.8 Å². The van der Waals surface area contributed by atoms with Gasteiger partial charge in [-0.15, -0.1) is 11.7 Å². The molecule has 30 heavy (non-hydrogen) atoms. The number of piperazine rings is 1.